The first-order valence-electron chi connectivity index (χ1n) is 7.21. The third kappa shape index (κ3) is 7.30. The number of hydrogen-bond acceptors (Lipinski definition) is 2. The number of nitrogens with zero attached hydrogens (tertiary/aromatic N) is 1. The lowest BCUT2D eigenvalue weighted by atomic mass is 9.98. The molecular weight excluding hydrogens is 242 g/mol. The molecule has 0 saturated heterocycles. The first kappa shape index (κ1) is 15.3. The van der Waals surface area contributed by atoms with Crippen molar-refractivity contribution in [3.8, 4) is 0 Å². The van der Waals surface area contributed by atoms with Crippen LogP contribution in [0.4, 0.5) is 0 Å². The predicted octanol–water partition coefficient (Wildman–Crippen LogP) is 5.13. The monoisotopic (exact) mass is 271 g/mol. The summed E-state index contributed by atoms with van der Waals surface area (Å²) < 4.78 is 0. The molecule has 0 spiro atoms. The van der Waals surface area contributed by atoms with Gasteiger partial charge in [-0.1, -0.05) is 39.4 Å². The van der Waals surface area contributed by atoms with E-state index in [0.29, 0.717) is 0 Å². The van der Waals surface area contributed by atoms with Crippen molar-refractivity contribution in [1.29, 1.82) is 0 Å². The molecule has 17 heavy (non-hydrogen) atoms. The van der Waals surface area contributed by atoms with Gasteiger partial charge in [-0.25, -0.2) is 0 Å². The smallest absolute Gasteiger partial charge is 0.108 e. The molecule has 0 N–H and O–H groups in total. The first-order chi connectivity index (χ1) is 8.01. The van der Waals surface area contributed by atoms with Crippen LogP contribution in [0.3, 0.4) is 0 Å². The van der Waals surface area contributed by atoms with Crippen molar-refractivity contribution in [3.63, 3.8) is 0 Å². The highest BCUT2D eigenvalue weighted by atomic mass is 32.4. The normalized spacial score (nSPS) is 21.6. The van der Waals surface area contributed by atoms with Crippen molar-refractivity contribution in [3.05, 3.63) is 0 Å². The fourth-order valence-corrected chi connectivity index (χ4v) is 7.48. The Kier molecular flexibility index (Phi) is 6.86. The molecule has 0 atom stereocenters. The summed E-state index contributed by atoms with van der Waals surface area (Å²) in [6.07, 6.45) is 9.23. The van der Waals surface area contributed by atoms with Crippen molar-refractivity contribution < 1.29 is 0 Å². The van der Waals surface area contributed by atoms with Gasteiger partial charge in [0.1, 0.15) is 7.22 Å². The maximum atomic E-state index is 4.77. The third-order valence-electron chi connectivity index (χ3n) is 3.13. The number of unbranched alkanes of at least 4 members (excludes halogenated alkanes) is 2. The molecule has 1 fully saturated rings. The molecule has 0 aliphatic heterocycles. The van der Waals surface area contributed by atoms with Crippen LogP contribution in [-0.4, -0.2) is 24.7 Å². The van der Waals surface area contributed by atoms with E-state index in [4.69, 9.17) is 4.99 Å². The fraction of sp³-hybridized carbons (Fsp3) is 0.929. The molecule has 0 aromatic rings. The van der Waals surface area contributed by atoms with E-state index in [9.17, 15) is 0 Å². The van der Waals surface area contributed by atoms with E-state index in [1.807, 2.05) is 0 Å². The maximum absolute atomic E-state index is 4.77. The Labute approximate surface area is 113 Å². The maximum Gasteiger partial charge on any atom is 0.108 e. The van der Waals surface area contributed by atoms with Crippen LogP contribution in [0.1, 0.15) is 51.9 Å². The lowest BCUT2D eigenvalue weighted by Crippen LogP contribution is -2.24. The van der Waals surface area contributed by atoms with Gasteiger partial charge in [0.05, 0.1) is 0 Å². The van der Waals surface area contributed by atoms with Crippen molar-refractivity contribution >= 4 is 24.1 Å². The Bertz CT molecular complexity index is 235. The summed E-state index contributed by atoms with van der Waals surface area (Å²) in [4.78, 5) is 4.77. The lowest BCUT2D eigenvalue weighted by molar-refractivity contribution is 0.673. The van der Waals surface area contributed by atoms with E-state index in [-0.39, 0.29) is 0 Å². The molecule has 0 aromatic heterocycles. The van der Waals surface area contributed by atoms with Crippen LogP contribution in [0, 0.1) is 0 Å². The summed E-state index contributed by atoms with van der Waals surface area (Å²) in [7, 11) is -0.926. The molecule has 100 valence electrons. The van der Waals surface area contributed by atoms with Crippen LogP contribution in [0.25, 0.3) is 0 Å². The molecule has 1 rings (SSSR count). The molecule has 0 bridgehead atoms. The lowest BCUT2D eigenvalue weighted by Gasteiger charge is -2.28. The quantitative estimate of drug-likeness (QED) is 0.482. The molecule has 1 aliphatic carbocycles. The second-order valence-electron chi connectivity index (χ2n) is 6.08. The SMILES string of the molecule is CCCCCN=C1CCC(S[Si](C)(C)C)CC1. The van der Waals surface area contributed by atoms with Gasteiger partial charge in [-0.15, -0.1) is 0 Å². The number of rotatable bonds is 6. The van der Waals surface area contributed by atoms with E-state index in [1.165, 1.54) is 50.7 Å². The Morgan fingerprint density at radius 3 is 2.35 bits per heavy atom. The van der Waals surface area contributed by atoms with Gasteiger partial charge in [-0.3, -0.25) is 4.99 Å². The van der Waals surface area contributed by atoms with Gasteiger partial charge in [0.15, 0.2) is 0 Å². The Balaban J connectivity index is 2.21. The predicted molar refractivity (Wildman–Crippen MR) is 85.0 cm³/mol. The van der Waals surface area contributed by atoms with Gasteiger partial charge in [-0.05, 0) is 37.4 Å². The van der Waals surface area contributed by atoms with E-state index >= 15 is 0 Å². The number of aliphatic imine (C=N–C) groups is 1. The zero-order chi connectivity index (χ0) is 12.7. The van der Waals surface area contributed by atoms with Crippen molar-refractivity contribution in [1.82, 2.24) is 0 Å². The van der Waals surface area contributed by atoms with Crippen LogP contribution in [-0.2, 0) is 0 Å². The van der Waals surface area contributed by atoms with Gasteiger partial charge in [-0.2, -0.15) is 11.2 Å². The molecule has 1 nitrogen and oxygen atoms in total. The van der Waals surface area contributed by atoms with Crippen molar-refractivity contribution in [2.45, 2.75) is 76.8 Å². The van der Waals surface area contributed by atoms with Gasteiger partial charge in [0, 0.05) is 12.3 Å². The van der Waals surface area contributed by atoms with Gasteiger partial charge in [0.2, 0.25) is 0 Å². The molecule has 0 radical (unpaired) electrons. The van der Waals surface area contributed by atoms with E-state index in [1.54, 1.807) is 0 Å². The zero-order valence-corrected chi connectivity index (χ0v) is 13.9. The summed E-state index contributed by atoms with van der Waals surface area (Å²) >= 11 is 2.30. The Morgan fingerprint density at radius 1 is 1.18 bits per heavy atom. The van der Waals surface area contributed by atoms with Gasteiger partial charge >= 0.3 is 0 Å². The summed E-state index contributed by atoms with van der Waals surface area (Å²) in [6, 6.07) is 0. The van der Waals surface area contributed by atoms with Crippen molar-refractivity contribution in [2.75, 3.05) is 6.54 Å². The van der Waals surface area contributed by atoms with Crippen molar-refractivity contribution in [2.24, 2.45) is 4.99 Å². The van der Waals surface area contributed by atoms with Gasteiger partial charge in [0.25, 0.3) is 0 Å². The van der Waals surface area contributed by atoms with Crippen LogP contribution >= 0.6 is 11.2 Å². The summed E-state index contributed by atoms with van der Waals surface area (Å²) in [5.74, 6) is 0. The molecule has 1 aliphatic rings. The highest BCUT2D eigenvalue weighted by molar-refractivity contribution is 8.29. The molecular formula is C14H29NSSi. The fourth-order valence-electron chi connectivity index (χ4n) is 2.30. The summed E-state index contributed by atoms with van der Waals surface area (Å²) in [6.45, 7) is 10.7. The van der Waals surface area contributed by atoms with E-state index < -0.39 is 7.22 Å². The molecule has 0 unspecified atom stereocenters. The molecule has 0 heterocycles. The second kappa shape index (κ2) is 7.62. The Hall–Kier alpha value is 0.237. The van der Waals surface area contributed by atoms with E-state index in [0.717, 1.165) is 11.8 Å². The zero-order valence-electron chi connectivity index (χ0n) is 12.1. The Morgan fingerprint density at radius 2 is 1.82 bits per heavy atom. The van der Waals surface area contributed by atoms with Crippen LogP contribution < -0.4 is 0 Å². The first-order valence-corrected chi connectivity index (χ1v) is 12.3. The highest BCUT2D eigenvalue weighted by Gasteiger charge is 2.24. The molecule has 0 aromatic carbocycles. The molecule has 1 saturated carbocycles. The van der Waals surface area contributed by atoms with Crippen LogP contribution in [0.2, 0.25) is 19.6 Å². The van der Waals surface area contributed by atoms with Crippen LogP contribution in [0.15, 0.2) is 4.99 Å². The molecule has 3 heteroatoms. The second-order valence-corrected chi connectivity index (χ2v) is 15.6. The van der Waals surface area contributed by atoms with E-state index in [2.05, 4.69) is 37.8 Å². The highest BCUT2D eigenvalue weighted by Crippen LogP contribution is 2.33. The topological polar surface area (TPSA) is 12.4 Å². The summed E-state index contributed by atoms with van der Waals surface area (Å²) in [5, 5.41) is 0.927. The largest absolute Gasteiger partial charge is 0.294 e. The molecule has 0 amide bonds. The van der Waals surface area contributed by atoms with Crippen LogP contribution in [0.5, 0.6) is 0 Å². The third-order valence-corrected chi connectivity index (χ3v) is 7.76. The minimum atomic E-state index is -0.926. The minimum Gasteiger partial charge on any atom is -0.294 e. The minimum absolute atomic E-state index is 0.926. The number of hydrogen-bond donors (Lipinski definition) is 0. The standard InChI is InChI=1S/C14H29NSSi/c1-5-6-7-12-15-13-8-10-14(11-9-13)16-17(2,3)4/h14H,5-12H2,1-4H3. The van der Waals surface area contributed by atoms with Gasteiger partial charge < -0.3 is 0 Å². The average Bonchev–Trinajstić information content (AvgIpc) is 2.25. The summed E-state index contributed by atoms with van der Waals surface area (Å²) in [5.41, 5.74) is 1.51. The average molecular weight is 272 g/mol.